The van der Waals surface area contributed by atoms with Crippen LogP contribution in [0.2, 0.25) is 0 Å². The lowest BCUT2D eigenvalue weighted by atomic mass is 10.1. The highest BCUT2D eigenvalue weighted by molar-refractivity contribution is 14.0. The average molecular weight is 524 g/mol. The highest BCUT2D eigenvalue weighted by Gasteiger charge is 2.18. The van der Waals surface area contributed by atoms with E-state index in [1.54, 1.807) is 31.6 Å². The first-order chi connectivity index (χ1) is 14.2. The van der Waals surface area contributed by atoms with E-state index in [2.05, 4.69) is 68.9 Å². The molecule has 7 nitrogen and oxygen atoms in total. The van der Waals surface area contributed by atoms with Gasteiger partial charge in [0, 0.05) is 39.1 Å². The van der Waals surface area contributed by atoms with Crippen LogP contribution in [0.15, 0.2) is 59.9 Å². The molecule has 1 heterocycles. The van der Waals surface area contributed by atoms with Crippen LogP contribution in [0.1, 0.15) is 35.8 Å². The van der Waals surface area contributed by atoms with Gasteiger partial charge >= 0.3 is 0 Å². The van der Waals surface area contributed by atoms with Crippen molar-refractivity contribution in [2.75, 3.05) is 39.8 Å². The standard InChI is InChI=1S/C22H32N6O.HI/c1-4-28(5-2)20(18-10-7-6-8-11-18)17-27-22(23-3)26-15-14-25-21(29)19-12-9-13-24-16-19;/h6-13,16,20H,4-5,14-15,17H2,1-3H3,(H,25,29)(H2,23,26,27);1H. The van der Waals surface area contributed by atoms with E-state index in [4.69, 9.17) is 0 Å². The van der Waals surface area contributed by atoms with Gasteiger partial charge in [-0.15, -0.1) is 24.0 Å². The Balaban J connectivity index is 0.00000450. The Morgan fingerprint density at radius 3 is 2.33 bits per heavy atom. The topological polar surface area (TPSA) is 81.6 Å². The summed E-state index contributed by atoms with van der Waals surface area (Å²) in [5.74, 6) is 0.585. The number of carbonyl (C=O) groups is 1. The number of pyridine rings is 1. The van der Waals surface area contributed by atoms with Gasteiger partial charge in [-0.2, -0.15) is 0 Å². The van der Waals surface area contributed by atoms with E-state index in [9.17, 15) is 4.79 Å². The number of aliphatic imine (C=N–C) groups is 1. The zero-order chi connectivity index (χ0) is 20.9. The molecule has 0 aliphatic carbocycles. The van der Waals surface area contributed by atoms with Crippen molar-refractivity contribution in [1.29, 1.82) is 0 Å². The highest BCUT2D eigenvalue weighted by atomic mass is 127. The third-order valence-corrected chi connectivity index (χ3v) is 4.75. The van der Waals surface area contributed by atoms with Crippen molar-refractivity contribution in [3.63, 3.8) is 0 Å². The summed E-state index contributed by atoms with van der Waals surface area (Å²) in [5, 5.41) is 9.53. The maximum absolute atomic E-state index is 12.0. The van der Waals surface area contributed by atoms with Crippen molar-refractivity contribution in [1.82, 2.24) is 25.8 Å². The molecule has 0 aliphatic rings. The van der Waals surface area contributed by atoms with Crippen LogP contribution in [0.3, 0.4) is 0 Å². The summed E-state index contributed by atoms with van der Waals surface area (Å²) >= 11 is 0. The van der Waals surface area contributed by atoms with E-state index in [0.717, 1.165) is 19.6 Å². The molecular formula is C22H33IN6O. The fraction of sp³-hybridized carbons (Fsp3) is 0.409. The summed E-state index contributed by atoms with van der Waals surface area (Å²) in [6.45, 7) is 8.12. The van der Waals surface area contributed by atoms with E-state index < -0.39 is 0 Å². The molecule has 0 radical (unpaired) electrons. The molecular weight excluding hydrogens is 491 g/mol. The van der Waals surface area contributed by atoms with E-state index in [1.807, 2.05) is 6.07 Å². The summed E-state index contributed by atoms with van der Waals surface area (Å²) < 4.78 is 0. The van der Waals surface area contributed by atoms with Crippen molar-refractivity contribution in [2.24, 2.45) is 4.99 Å². The third-order valence-electron chi connectivity index (χ3n) is 4.75. The predicted molar refractivity (Wildman–Crippen MR) is 133 cm³/mol. The first-order valence-electron chi connectivity index (χ1n) is 10.1. The molecule has 0 bridgehead atoms. The Morgan fingerprint density at radius 1 is 1.03 bits per heavy atom. The summed E-state index contributed by atoms with van der Waals surface area (Å²) in [6, 6.07) is 14.3. The van der Waals surface area contributed by atoms with Crippen molar-refractivity contribution < 1.29 is 4.79 Å². The van der Waals surface area contributed by atoms with Gasteiger partial charge in [0.25, 0.3) is 5.91 Å². The maximum Gasteiger partial charge on any atom is 0.252 e. The molecule has 1 atom stereocenters. The van der Waals surface area contributed by atoms with E-state index in [1.165, 1.54) is 5.56 Å². The number of guanidine groups is 1. The van der Waals surface area contributed by atoms with Gasteiger partial charge in [0.2, 0.25) is 0 Å². The smallest absolute Gasteiger partial charge is 0.252 e. The van der Waals surface area contributed by atoms with Crippen LogP contribution < -0.4 is 16.0 Å². The number of likely N-dealkylation sites (N-methyl/N-ethyl adjacent to an activating group) is 1. The number of benzene rings is 1. The number of aromatic nitrogens is 1. The summed E-state index contributed by atoms with van der Waals surface area (Å²) in [7, 11) is 1.75. The fourth-order valence-electron chi connectivity index (χ4n) is 3.17. The van der Waals surface area contributed by atoms with E-state index in [0.29, 0.717) is 24.6 Å². The SMILES string of the molecule is CCN(CC)C(CNC(=NC)NCCNC(=O)c1cccnc1)c1ccccc1.I. The van der Waals surface area contributed by atoms with Crippen molar-refractivity contribution >= 4 is 35.8 Å². The Morgan fingerprint density at radius 2 is 1.73 bits per heavy atom. The molecule has 1 aromatic heterocycles. The average Bonchev–Trinajstić information content (AvgIpc) is 2.78. The second-order valence-electron chi connectivity index (χ2n) is 6.53. The number of nitrogens with one attached hydrogen (secondary N) is 3. The highest BCUT2D eigenvalue weighted by Crippen LogP contribution is 2.19. The van der Waals surface area contributed by atoms with E-state index in [-0.39, 0.29) is 35.9 Å². The second kappa shape index (κ2) is 14.7. The Bertz CT molecular complexity index is 753. The minimum Gasteiger partial charge on any atom is -0.355 e. The molecule has 3 N–H and O–H groups in total. The number of nitrogens with zero attached hydrogens (tertiary/aromatic N) is 3. The molecule has 0 saturated heterocycles. The molecule has 1 amide bonds. The normalized spacial score (nSPS) is 12.1. The Labute approximate surface area is 196 Å². The van der Waals surface area contributed by atoms with Crippen LogP contribution >= 0.6 is 24.0 Å². The lowest BCUT2D eigenvalue weighted by Crippen LogP contribution is -2.45. The van der Waals surface area contributed by atoms with Crippen molar-refractivity contribution in [3.05, 3.63) is 66.0 Å². The zero-order valence-electron chi connectivity index (χ0n) is 18.0. The minimum atomic E-state index is -0.131. The monoisotopic (exact) mass is 524 g/mol. The van der Waals surface area contributed by atoms with Gasteiger partial charge in [-0.1, -0.05) is 44.2 Å². The lowest BCUT2D eigenvalue weighted by Gasteiger charge is -2.30. The number of rotatable bonds is 10. The number of hydrogen-bond donors (Lipinski definition) is 3. The van der Waals surface area contributed by atoms with Gasteiger partial charge in [-0.25, -0.2) is 0 Å². The largest absolute Gasteiger partial charge is 0.355 e. The van der Waals surface area contributed by atoms with Gasteiger partial charge in [-0.05, 0) is 30.8 Å². The lowest BCUT2D eigenvalue weighted by molar-refractivity contribution is 0.0954. The first kappa shape index (κ1) is 25.8. The van der Waals surface area contributed by atoms with Gasteiger partial charge < -0.3 is 16.0 Å². The maximum atomic E-state index is 12.0. The predicted octanol–water partition coefficient (Wildman–Crippen LogP) is 2.68. The van der Waals surface area contributed by atoms with Crippen LogP contribution in [-0.2, 0) is 0 Å². The van der Waals surface area contributed by atoms with Crippen molar-refractivity contribution in [2.45, 2.75) is 19.9 Å². The second-order valence-corrected chi connectivity index (χ2v) is 6.53. The summed E-state index contributed by atoms with van der Waals surface area (Å²) in [5.41, 5.74) is 1.84. The molecule has 1 unspecified atom stereocenters. The minimum absolute atomic E-state index is 0. The molecule has 0 aliphatic heterocycles. The molecule has 0 fully saturated rings. The number of hydrogen-bond acceptors (Lipinski definition) is 4. The third kappa shape index (κ3) is 8.27. The van der Waals surface area contributed by atoms with Gasteiger partial charge in [0.15, 0.2) is 5.96 Å². The number of amides is 1. The van der Waals surface area contributed by atoms with Gasteiger partial charge in [0.1, 0.15) is 0 Å². The summed E-state index contributed by atoms with van der Waals surface area (Å²) in [6.07, 6.45) is 3.20. The quantitative estimate of drug-likeness (QED) is 0.193. The fourth-order valence-corrected chi connectivity index (χ4v) is 3.17. The summed E-state index contributed by atoms with van der Waals surface area (Å²) in [4.78, 5) is 22.7. The molecule has 8 heteroatoms. The molecule has 2 aromatic rings. The Hall–Kier alpha value is -2.20. The van der Waals surface area contributed by atoms with Gasteiger partial charge in [-0.3, -0.25) is 19.7 Å². The zero-order valence-corrected chi connectivity index (χ0v) is 20.3. The van der Waals surface area contributed by atoms with Crippen LogP contribution in [0.25, 0.3) is 0 Å². The van der Waals surface area contributed by atoms with Crippen LogP contribution in [0.4, 0.5) is 0 Å². The van der Waals surface area contributed by atoms with Crippen LogP contribution in [-0.4, -0.2) is 61.5 Å². The van der Waals surface area contributed by atoms with Crippen LogP contribution in [0, 0.1) is 0 Å². The van der Waals surface area contributed by atoms with Gasteiger partial charge in [0.05, 0.1) is 11.6 Å². The number of halogens is 1. The molecule has 0 saturated carbocycles. The molecule has 164 valence electrons. The molecule has 30 heavy (non-hydrogen) atoms. The van der Waals surface area contributed by atoms with Crippen molar-refractivity contribution in [3.8, 4) is 0 Å². The Kier molecular flexibility index (Phi) is 12.7. The molecule has 0 spiro atoms. The molecule has 1 aromatic carbocycles. The molecule has 2 rings (SSSR count). The first-order valence-corrected chi connectivity index (χ1v) is 10.1. The van der Waals surface area contributed by atoms with Crippen LogP contribution in [0.5, 0.6) is 0 Å². The van der Waals surface area contributed by atoms with E-state index >= 15 is 0 Å². The number of carbonyl (C=O) groups excluding carboxylic acids is 1.